The number of thioether (sulfide) groups is 1. The van der Waals surface area contributed by atoms with E-state index in [0.29, 0.717) is 17.2 Å². The summed E-state index contributed by atoms with van der Waals surface area (Å²) in [5.74, 6) is 1.31. The highest BCUT2D eigenvalue weighted by atomic mass is 32.2. The first-order valence-corrected chi connectivity index (χ1v) is 9.34. The van der Waals surface area contributed by atoms with Gasteiger partial charge < -0.3 is 14.8 Å². The number of nitrogens with one attached hydrogen (secondary N) is 1. The van der Waals surface area contributed by atoms with Crippen molar-refractivity contribution in [2.45, 2.75) is 12.1 Å². The molecule has 0 bridgehead atoms. The number of nitrogens with zero attached hydrogens (tertiary/aromatic N) is 2. The highest BCUT2D eigenvalue weighted by molar-refractivity contribution is 7.99. The van der Waals surface area contributed by atoms with Gasteiger partial charge >= 0.3 is 0 Å². The minimum absolute atomic E-state index is 0.137. The maximum atomic E-state index is 12.4. The Bertz CT molecular complexity index is 940. The molecule has 0 atom stereocenters. The zero-order valence-corrected chi connectivity index (χ0v) is 16.2. The summed E-state index contributed by atoms with van der Waals surface area (Å²) < 4.78 is 12.4. The van der Waals surface area contributed by atoms with Crippen molar-refractivity contribution in [3.8, 4) is 17.2 Å². The number of ether oxygens (including phenoxy) is 2. The lowest BCUT2D eigenvalue weighted by atomic mass is 10.2. The van der Waals surface area contributed by atoms with Gasteiger partial charge in [0.25, 0.3) is 0 Å². The third-order valence-electron chi connectivity index (χ3n) is 3.90. The predicted octanol–water partition coefficient (Wildman–Crippen LogP) is 3.93. The molecule has 1 N–H and O–H groups in total. The topological polar surface area (TPSA) is 65.4 Å². The van der Waals surface area contributed by atoms with Crippen molar-refractivity contribution in [1.82, 2.24) is 9.55 Å². The summed E-state index contributed by atoms with van der Waals surface area (Å²) in [6, 6.07) is 13.4. The van der Waals surface area contributed by atoms with Crippen LogP contribution in [0.3, 0.4) is 0 Å². The van der Waals surface area contributed by atoms with Crippen molar-refractivity contribution in [3.63, 3.8) is 0 Å². The molecule has 0 spiro atoms. The Morgan fingerprint density at radius 3 is 2.78 bits per heavy atom. The standard InChI is InChI=1S/C20H21N3O3S/c1-14-5-4-6-15(11-14)23-10-9-21-20(23)27-13-19(24)22-17-8-7-16(25-2)12-18(17)26-3/h4-12H,13H2,1-3H3,(H,22,24). The molecule has 3 aromatic rings. The van der Waals surface area contributed by atoms with E-state index >= 15 is 0 Å². The van der Waals surface area contributed by atoms with Gasteiger partial charge in [-0.1, -0.05) is 23.9 Å². The van der Waals surface area contributed by atoms with Crippen molar-refractivity contribution >= 4 is 23.4 Å². The molecule has 0 fully saturated rings. The van der Waals surface area contributed by atoms with Gasteiger partial charge in [0.05, 0.1) is 25.7 Å². The predicted molar refractivity (Wildman–Crippen MR) is 107 cm³/mol. The maximum absolute atomic E-state index is 12.4. The number of carbonyl (C=O) groups excluding carboxylic acids is 1. The molecule has 0 radical (unpaired) electrons. The molecule has 27 heavy (non-hydrogen) atoms. The van der Waals surface area contributed by atoms with Gasteiger partial charge in [0, 0.05) is 24.1 Å². The normalized spacial score (nSPS) is 10.5. The second-order valence-electron chi connectivity index (χ2n) is 5.82. The number of anilines is 1. The smallest absolute Gasteiger partial charge is 0.234 e. The average Bonchev–Trinajstić information content (AvgIpc) is 3.15. The maximum Gasteiger partial charge on any atom is 0.234 e. The van der Waals surface area contributed by atoms with Crippen LogP contribution in [0.1, 0.15) is 5.56 Å². The number of hydrogen-bond acceptors (Lipinski definition) is 5. The molecule has 0 aliphatic heterocycles. The molecule has 0 aliphatic carbocycles. The fourth-order valence-corrected chi connectivity index (χ4v) is 3.36. The summed E-state index contributed by atoms with van der Waals surface area (Å²) in [7, 11) is 3.14. The number of aryl methyl sites for hydroxylation is 1. The van der Waals surface area contributed by atoms with Crippen LogP contribution in [0.4, 0.5) is 5.69 Å². The minimum Gasteiger partial charge on any atom is -0.497 e. The van der Waals surface area contributed by atoms with E-state index in [1.54, 1.807) is 38.6 Å². The third-order valence-corrected chi connectivity index (χ3v) is 4.87. The second-order valence-corrected chi connectivity index (χ2v) is 6.76. The highest BCUT2D eigenvalue weighted by Gasteiger charge is 2.12. The zero-order valence-electron chi connectivity index (χ0n) is 15.4. The van der Waals surface area contributed by atoms with Gasteiger partial charge in [-0.05, 0) is 36.8 Å². The Labute approximate surface area is 162 Å². The first-order chi connectivity index (χ1) is 13.1. The van der Waals surface area contributed by atoms with Gasteiger partial charge in [-0.2, -0.15) is 0 Å². The fourth-order valence-electron chi connectivity index (χ4n) is 2.59. The van der Waals surface area contributed by atoms with Crippen LogP contribution in [0, 0.1) is 6.92 Å². The summed E-state index contributed by atoms with van der Waals surface area (Å²) in [5.41, 5.74) is 2.79. The highest BCUT2D eigenvalue weighted by Crippen LogP contribution is 2.29. The first-order valence-electron chi connectivity index (χ1n) is 8.36. The molecule has 0 unspecified atom stereocenters. The molecule has 0 saturated heterocycles. The largest absolute Gasteiger partial charge is 0.497 e. The Morgan fingerprint density at radius 2 is 2.04 bits per heavy atom. The Kier molecular flexibility index (Phi) is 6.03. The zero-order chi connectivity index (χ0) is 19.2. The van der Waals surface area contributed by atoms with Crippen molar-refractivity contribution in [3.05, 3.63) is 60.4 Å². The van der Waals surface area contributed by atoms with Crippen LogP contribution in [-0.4, -0.2) is 35.4 Å². The number of aromatic nitrogens is 2. The quantitative estimate of drug-likeness (QED) is 0.626. The molecule has 140 valence electrons. The van der Waals surface area contributed by atoms with Gasteiger partial charge in [-0.25, -0.2) is 4.98 Å². The Balaban J connectivity index is 1.66. The molecule has 0 saturated carbocycles. The van der Waals surface area contributed by atoms with Crippen molar-refractivity contribution in [2.24, 2.45) is 0 Å². The molecule has 1 aromatic heterocycles. The summed E-state index contributed by atoms with van der Waals surface area (Å²) in [6.07, 6.45) is 3.62. The van der Waals surface area contributed by atoms with E-state index in [2.05, 4.69) is 16.4 Å². The number of rotatable bonds is 7. The van der Waals surface area contributed by atoms with Crippen molar-refractivity contribution in [1.29, 1.82) is 0 Å². The van der Waals surface area contributed by atoms with Crippen LogP contribution in [0.5, 0.6) is 11.5 Å². The molecule has 0 aliphatic rings. The average molecular weight is 383 g/mol. The van der Waals surface area contributed by atoms with E-state index in [1.807, 2.05) is 35.9 Å². The monoisotopic (exact) mass is 383 g/mol. The van der Waals surface area contributed by atoms with E-state index in [9.17, 15) is 4.79 Å². The second kappa shape index (κ2) is 8.64. The minimum atomic E-state index is -0.137. The van der Waals surface area contributed by atoms with Gasteiger partial charge in [-0.15, -0.1) is 0 Å². The molecule has 3 rings (SSSR count). The Hall–Kier alpha value is -2.93. The first kappa shape index (κ1) is 18.8. The van der Waals surface area contributed by atoms with Crippen LogP contribution < -0.4 is 14.8 Å². The van der Waals surface area contributed by atoms with E-state index in [1.165, 1.54) is 17.3 Å². The fraction of sp³-hybridized carbons (Fsp3) is 0.200. The molecule has 1 heterocycles. The summed E-state index contributed by atoms with van der Waals surface area (Å²) >= 11 is 1.38. The lowest BCUT2D eigenvalue weighted by Crippen LogP contribution is -2.15. The van der Waals surface area contributed by atoms with E-state index in [0.717, 1.165) is 10.8 Å². The molecule has 1 amide bonds. The van der Waals surface area contributed by atoms with Gasteiger partial charge in [0.15, 0.2) is 5.16 Å². The van der Waals surface area contributed by atoms with E-state index < -0.39 is 0 Å². The lowest BCUT2D eigenvalue weighted by Gasteiger charge is -2.12. The van der Waals surface area contributed by atoms with Crippen LogP contribution in [0.25, 0.3) is 5.69 Å². The van der Waals surface area contributed by atoms with Gasteiger partial charge in [0.2, 0.25) is 5.91 Å². The van der Waals surface area contributed by atoms with Crippen molar-refractivity contribution in [2.75, 3.05) is 25.3 Å². The van der Waals surface area contributed by atoms with Gasteiger partial charge in [0.1, 0.15) is 11.5 Å². The molecular weight excluding hydrogens is 362 g/mol. The molecular formula is C20H21N3O3S. The van der Waals surface area contributed by atoms with E-state index in [4.69, 9.17) is 9.47 Å². The summed E-state index contributed by atoms with van der Waals surface area (Å²) in [5, 5.41) is 3.63. The van der Waals surface area contributed by atoms with Gasteiger partial charge in [-0.3, -0.25) is 9.36 Å². The number of methoxy groups -OCH3 is 2. The number of benzene rings is 2. The number of carbonyl (C=O) groups is 1. The number of imidazole rings is 1. The van der Waals surface area contributed by atoms with Crippen LogP contribution in [0.15, 0.2) is 60.0 Å². The number of hydrogen-bond donors (Lipinski definition) is 1. The van der Waals surface area contributed by atoms with Crippen LogP contribution in [-0.2, 0) is 4.79 Å². The van der Waals surface area contributed by atoms with Crippen molar-refractivity contribution < 1.29 is 14.3 Å². The SMILES string of the molecule is COc1ccc(NC(=O)CSc2nccn2-c2cccc(C)c2)c(OC)c1. The van der Waals surface area contributed by atoms with Crippen LogP contribution in [0.2, 0.25) is 0 Å². The summed E-state index contributed by atoms with van der Waals surface area (Å²) in [6.45, 7) is 2.04. The third kappa shape index (κ3) is 4.62. The Morgan fingerprint density at radius 1 is 1.19 bits per heavy atom. The lowest BCUT2D eigenvalue weighted by molar-refractivity contribution is -0.113. The molecule has 7 heteroatoms. The molecule has 6 nitrogen and oxygen atoms in total. The van der Waals surface area contributed by atoms with Crippen LogP contribution >= 0.6 is 11.8 Å². The van der Waals surface area contributed by atoms with E-state index in [-0.39, 0.29) is 11.7 Å². The molecule has 2 aromatic carbocycles. The summed E-state index contributed by atoms with van der Waals surface area (Å²) in [4.78, 5) is 16.7. The number of amides is 1.